The highest BCUT2D eigenvalue weighted by molar-refractivity contribution is 5.71. The van der Waals surface area contributed by atoms with E-state index in [2.05, 4.69) is 93.7 Å². The van der Waals surface area contributed by atoms with Crippen molar-refractivity contribution in [1.82, 2.24) is 0 Å². The molecule has 1 unspecified atom stereocenters. The Hall–Kier alpha value is -3.15. The summed E-state index contributed by atoms with van der Waals surface area (Å²) in [6, 6.07) is 0. The Kier molecular flexibility index (Phi) is 51.9. The van der Waals surface area contributed by atoms with E-state index in [4.69, 9.17) is 14.2 Å². The van der Waals surface area contributed by atoms with Crippen molar-refractivity contribution in [2.75, 3.05) is 13.2 Å². The highest BCUT2D eigenvalue weighted by atomic mass is 16.6. The first kappa shape index (κ1) is 62.8. The highest BCUT2D eigenvalue weighted by Gasteiger charge is 2.19. The topological polar surface area (TPSA) is 78.9 Å². The van der Waals surface area contributed by atoms with Gasteiger partial charge in [-0.3, -0.25) is 14.4 Å². The van der Waals surface area contributed by atoms with Crippen LogP contribution in [-0.2, 0) is 28.6 Å². The fourth-order valence-electron chi connectivity index (χ4n) is 7.72. The number of esters is 3. The zero-order chi connectivity index (χ0) is 47.9. The summed E-state index contributed by atoms with van der Waals surface area (Å²) in [5.74, 6) is -0.904. The van der Waals surface area contributed by atoms with Crippen molar-refractivity contribution in [3.8, 4) is 0 Å². The van der Waals surface area contributed by atoms with Gasteiger partial charge in [-0.05, 0) is 109 Å². The lowest BCUT2D eigenvalue weighted by molar-refractivity contribution is -0.167. The first-order valence-corrected chi connectivity index (χ1v) is 27.9. The van der Waals surface area contributed by atoms with Crippen LogP contribution in [0.25, 0.3) is 0 Å². The molecule has 0 aromatic heterocycles. The predicted octanol–water partition coefficient (Wildman–Crippen LogP) is 18.6. The molecule has 0 fully saturated rings. The van der Waals surface area contributed by atoms with Gasteiger partial charge in [0.15, 0.2) is 6.10 Å². The zero-order valence-electron chi connectivity index (χ0n) is 43.4. The molecule has 0 spiro atoms. The Morgan fingerprint density at radius 2 is 0.591 bits per heavy atom. The third kappa shape index (κ3) is 51.8. The molecular weight excluding hydrogens is 817 g/mol. The summed E-state index contributed by atoms with van der Waals surface area (Å²) in [5.41, 5.74) is 0. The van der Waals surface area contributed by atoms with Crippen molar-refractivity contribution in [2.45, 2.75) is 277 Å². The molecule has 0 aliphatic carbocycles. The summed E-state index contributed by atoms with van der Waals surface area (Å²) in [4.78, 5) is 38.1. The van der Waals surface area contributed by atoms with Crippen molar-refractivity contribution >= 4 is 17.9 Å². The van der Waals surface area contributed by atoms with Gasteiger partial charge in [-0.2, -0.15) is 0 Å². The van der Waals surface area contributed by atoms with Crippen molar-refractivity contribution in [2.24, 2.45) is 0 Å². The van der Waals surface area contributed by atoms with E-state index in [9.17, 15) is 14.4 Å². The molecule has 0 amide bonds. The fourth-order valence-corrected chi connectivity index (χ4v) is 7.72. The van der Waals surface area contributed by atoms with Crippen molar-refractivity contribution in [3.63, 3.8) is 0 Å². The van der Waals surface area contributed by atoms with Crippen LogP contribution in [0.15, 0.2) is 72.9 Å². The Labute approximate surface area is 408 Å². The van der Waals surface area contributed by atoms with Gasteiger partial charge in [0.2, 0.25) is 0 Å². The molecule has 0 saturated carbocycles. The SMILES string of the molecule is CC/C=C\C/C=C\C/C=C\CCCCCCCCC(=O)OC(COC(=O)CCCCCCCCC/C=C\C/C=C\CCCCC)COC(=O)CCCCCCCCC/C=C\CCCCCC. The molecule has 6 heteroatoms. The molecule has 0 bridgehead atoms. The van der Waals surface area contributed by atoms with Crippen LogP contribution in [0.5, 0.6) is 0 Å². The third-order valence-corrected chi connectivity index (χ3v) is 11.9. The van der Waals surface area contributed by atoms with E-state index < -0.39 is 6.10 Å². The summed E-state index contributed by atoms with van der Waals surface area (Å²) in [6.45, 7) is 6.48. The number of unbranched alkanes of at least 4 members (excludes halogenated alkanes) is 27. The van der Waals surface area contributed by atoms with Crippen LogP contribution in [0.1, 0.15) is 271 Å². The van der Waals surface area contributed by atoms with Gasteiger partial charge in [0.05, 0.1) is 0 Å². The van der Waals surface area contributed by atoms with Crippen LogP contribution in [0.2, 0.25) is 0 Å². The lowest BCUT2D eigenvalue weighted by atomic mass is 10.1. The molecule has 0 aromatic carbocycles. The van der Waals surface area contributed by atoms with Gasteiger partial charge < -0.3 is 14.2 Å². The van der Waals surface area contributed by atoms with E-state index in [1.807, 2.05) is 0 Å². The lowest BCUT2D eigenvalue weighted by Crippen LogP contribution is -2.30. The summed E-state index contributed by atoms with van der Waals surface area (Å²) < 4.78 is 16.8. The standard InChI is InChI=1S/C60H104O6/c1-4-7-10-13-16-19-22-25-28-30-33-35-38-41-44-47-50-53-59(62)65-56-57(55-64-58(61)52-49-46-43-40-37-34-31-27-24-21-18-15-12-9-6-3)66-60(63)54-51-48-45-42-39-36-32-29-26-23-20-17-14-11-8-5-2/h8,11,16-17,19-21,24-26,28-29,57H,4-7,9-10,12-15,18,22-23,27,30-56H2,1-3H3/b11-8-,19-16-,20-17-,24-21-,28-25-,29-26-. The third-order valence-electron chi connectivity index (χ3n) is 11.9. The molecular formula is C60H104O6. The quantitative estimate of drug-likeness (QED) is 0.0262. The monoisotopic (exact) mass is 921 g/mol. The number of rotatable bonds is 50. The summed E-state index contributed by atoms with van der Waals surface area (Å²) >= 11 is 0. The fraction of sp³-hybridized carbons (Fsp3) is 0.750. The number of allylic oxidation sites excluding steroid dienone is 12. The molecule has 0 aliphatic rings. The maximum absolute atomic E-state index is 12.8. The normalized spacial score (nSPS) is 12.6. The van der Waals surface area contributed by atoms with Gasteiger partial charge in [0.25, 0.3) is 0 Å². The number of ether oxygens (including phenoxy) is 3. The molecule has 0 radical (unpaired) electrons. The molecule has 0 aliphatic heterocycles. The van der Waals surface area contributed by atoms with Crippen molar-refractivity contribution in [1.29, 1.82) is 0 Å². The second kappa shape index (κ2) is 54.5. The molecule has 66 heavy (non-hydrogen) atoms. The molecule has 0 N–H and O–H groups in total. The second-order valence-electron chi connectivity index (χ2n) is 18.5. The van der Waals surface area contributed by atoms with Crippen LogP contribution >= 0.6 is 0 Å². The molecule has 380 valence electrons. The van der Waals surface area contributed by atoms with Crippen LogP contribution in [0, 0.1) is 0 Å². The molecule has 6 nitrogen and oxygen atoms in total. The summed E-state index contributed by atoms with van der Waals surface area (Å²) in [6.07, 6.45) is 68.8. The van der Waals surface area contributed by atoms with Crippen LogP contribution in [0.3, 0.4) is 0 Å². The minimum Gasteiger partial charge on any atom is -0.462 e. The van der Waals surface area contributed by atoms with E-state index in [0.29, 0.717) is 19.3 Å². The molecule has 0 heterocycles. The largest absolute Gasteiger partial charge is 0.462 e. The van der Waals surface area contributed by atoms with Gasteiger partial charge >= 0.3 is 17.9 Å². The zero-order valence-corrected chi connectivity index (χ0v) is 43.4. The van der Waals surface area contributed by atoms with Crippen LogP contribution in [0.4, 0.5) is 0 Å². The summed E-state index contributed by atoms with van der Waals surface area (Å²) in [5, 5.41) is 0. The Balaban J connectivity index is 4.42. The first-order chi connectivity index (χ1) is 32.5. The Morgan fingerprint density at radius 3 is 0.970 bits per heavy atom. The van der Waals surface area contributed by atoms with Crippen LogP contribution < -0.4 is 0 Å². The second-order valence-corrected chi connectivity index (χ2v) is 18.5. The molecule has 1 atom stereocenters. The van der Waals surface area contributed by atoms with E-state index in [1.165, 1.54) is 128 Å². The molecule has 0 aromatic rings. The first-order valence-electron chi connectivity index (χ1n) is 27.9. The van der Waals surface area contributed by atoms with Gasteiger partial charge in [-0.25, -0.2) is 0 Å². The number of carbonyl (C=O) groups excluding carboxylic acids is 3. The Morgan fingerprint density at radius 1 is 0.318 bits per heavy atom. The minimum atomic E-state index is -0.787. The smallest absolute Gasteiger partial charge is 0.306 e. The van der Waals surface area contributed by atoms with Gasteiger partial charge in [0, 0.05) is 19.3 Å². The number of hydrogen-bond donors (Lipinski definition) is 0. The van der Waals surface area contributed by atoms with Gasteiger partial charge in [0.1, 0.15) is 13.2 Å². The highest BCUT2D eigenvalue weighted by Crippen LogP contribution is 2.15. The van der Waals surface area contributed by atoms with E-state index in [-0.39, 0.29) is 31.1 Å². The molecule has 0 saturated heterocycles. The van der Waals surface area contributed by atoms with E-state index >= 15 is 0 Å². The van der Waals surface area contributed by atoms with Crippen LogP contribution in [-0.4, -0.2) is 37.2 Å². The van der Waals surface area contributed by atoms with E-state index in [0.717, 1.165) is 103 Å². The minimum absolute atomic E-state index is 0.0853. The summed E-state index contributed by atoms with van der Waals surface area (Å²) in [7, 11) is 0. The maximum Gasteiger partial charge on any atom is 0.306 e. The molecule has 0 rings (SSSR count). The van der Waals surface area contributed by atoms with E-state index in [1.54, 1.807) is 0 Å². The maximum atomic E-state index is 12.8. The van der Waals surface area contributed by atoms with Crippen molar-refractivity contribution in [3.05, 3.63) is 72.9 Å². The Bertz CT molecular complexity index is 1240. The number of hydrogen-bond acceptors (Lipinski definition) is 6. The predicted molar refractivity (Wildman–Crippen MR) is 284 cm³/mol. The van der Waals surface area contributed by atoms with Gasteiger partial charge in [-0.1, -0.05) is 216 Å². The average molecular weight is 921 g/mol. The van der Waals surface area contributed by atoms with Crippen molar-refractivity contribution < 1.29 is 28.6 Å². The lowest BCUT2D eigenvalue weighted by Gasteiger charge is -2.18. The average Bonchev–Trinajstić information content (AvgIpc) is 3.31. The number of carbonyl (C=O) groups is 3. The van der Waals surface area contributed by atoms with Gasteiger partial charge in [-0.15, -0.1) is 0 Å².